The molecule has 0 aliphatic carbocycles. The van der Waals surface area contributed by atoms with Crippen molar-refractivity contribution in [2.75, 3.05) is 25.1 Å². The minimum Gasteiger partial charge on any atom is -0.495 e. The van der Waals surface area contributed by atoms with Crippen LogP contribution >= 0.6 is 0 Å². The standard InChI is InChI=1S/C20H20N2O5S/c1-27-18-10-9-14(28(25,26)21-11-5-2-6-12-21)13-17(18)22-19(23)15-7-3-4-8-16(15)20(22)24/h3-4,7-10,13H,2,5-6,11-12H2,1H3. The Morgan fingerprint density at radius 2 is 1.50 bits per heavy atom. The summed E-state index contributed by atoms with van der Waals surface area (Å²) >= 11 is 0. The number of anilines is 1. The van der Waals surface area contributed by atoms with E-state index in [9.17, 15) is 18.0 Å². The Morgan fingerprint density at radius 3 is 2.07 bits per heavy atom. The van der Waals surface area contributed by atoms with Gasteiger partial charge in [-0.1, -0.05) is 18.6 Å². The first kappa shape index (κ1) is 18.6. The van der Waals surface area contributed by atoms with Crippen LogP contribution in [0.15, 0.2) is 47.4 Å². The van der Waals surface area contributed by atoms with Crippen molar-refractivity contribution < 1.29 is 22.7 Å². The Kier molecular flexibility index (Phi) is 4.68. The van der Waals surface area contributed by atoms with Crippen LogP contribution in [0.25, 0.3) is 0 Å². The van der Waals surface area contributed by atoms with Crippen molar-refractivity contribution in [3.63, 3.8) is 0 Å². The van der Waals surface area contributed by atoms with Crippen LogP contribution in [0.5, 0.6) is 5.75 Å². The smallest absolute Gasteiger partial charge is 0.266 e. The summed E-state index contributed by atoms with van der Waals surface area (Å²) in [5.74, 6) is -0.732. The number of fused-ring (bicyclic) bond motifs is 1. The number of piperidine rings is 1. The third-order valence-electron chi connectivity index (χ3n) is 5.14. The molecule has 0 bridgehead atoms. The van der Waals surface area contributed by atoms with Crippen molar-refractivity contribution in [3.8, 4) is 5.75 Å². The number of carbonyl (C=O) groups is 2. The van der Waals surface area contributed by atoms with Gasteiger partial charge >= 0.3 is 0 Å². The number of methoxy groups -OCH3 is 1. The van der Waals surface area contributed by atoms with Gasteiger partial charge in [-0.2, -0.15) is 4.31 Å². The number of sulfonamides is 1. The van der Waals surface area contributed by atoms with E-state index in [1.165, 1.54) is 29.6 Å². The van der Waals surface area contributed by atoms with E-state index in [4.69, 9.17) is 4.74 Å². The first-order valence-electron chi connectivity index (χ1n) is 9.11. The Labute approximate surface area is 163 Å². The normalized spacial score (nSPS) is 17.7. The molecule has 2 aromatic carbocycles. The van der Waals surface area contributed by atoms with Crippen molar-refractivity contribution in [1.29, 1.82) is 0 Å². The van der Waals surface area contributed by atoms with Crippen molar-refractivity contribution in [2.24, 2.45) is 0 Å². The Bertz CT molecular complexity index is 1020. The van der Waals surface area contributed by atoms with Crippen LogP contribution in [0.3, 0.4) is 0 Å². The third-order valence-corrected chi connectivity index (χ3v) is 7.03. The van der Waals surface area contributed by atoms with Crippen LogP contribution in [0.4, 0.5) is 5.69 Å². The largest absolute Gasteiger partial charge is 0.495 e. The Hall–Kier alpha value is -2.71. The second-order valence-corrected chi connectivity index (χ2v) is 8.73. The first-order valence-corrected chi connectivity index (χ1v) is 10.5. The molecule has 146 valence electrons. The molecule has 2 aliphatic heterocycles. The SMILES string of the molecule is COc1ccc(S(=O)(=O)N2CCCCC2)cc1N1C(=O)c2ccccc2C1=O. The van der Waals surface area contributed by atoms with Gasteiger partial charge in [0.2, 0.25) is 10.0 Å². The monoisotopic (exact) mass is 400 g/mol. The van der Waals surface area contributed by atoms with Crippen LogP contribution in [0.2, 0.25) is 0 Å². The number of ether oxygens (including phenoxy) is 1. The van der Waals surface area contributed by atoms with Gasteiger partial charge in [-0.25, -0.2) is 13.3 Å². The fraction of sp³-hybridized carbons (Fsp3) is 0.300. The molecule has 28 heavy (non-hydrogen) atoms. The zero-order chi connectivity index (χ0) is 19.9. The van der Waals surface area contributed by atoms with Gasteiger partial charge in [-0.05, 0) is 43.2 Å². The maximum absolute atomic E-state index is 13.0. The van der Waals surface area contributed by atoms with Gasteiger partial charge in [0.25, 0.3) is 11.8 Å². The Morgan fingerprint density at radius 1 is 0.893 bits per heavy atom. The van der Waals surface area contributed by atoms with Crippen LogP contribution in [-0.2, 0) is 10.0 Å². The Balaban J connectivity index is 1.79. The number of nitrogens with zero attached hydrogens (tertiary/aromatic N) is 2. The number of amides is 2. The molecule has 0 radical (unpaired) electrons. The maximum Gasteiger partial charge on any atom is 0.266 e. The van der Waals surface area contributed by atoms with Gasteiger partial charge in [0.1, 0.15) is 5.75 Å². The summed E-state index contributed by atoms with van der Waals surface area (Å²) in [6, 6.07) is 10.8. The molecule has 2 aliphatic rings. The van der Waals surface area contributed by atoms with Crippen LogP contribution in [-0.4, -0.2) is 44.7 Å². The highest BCUT2D eigenvalue weighted by Gasteiger charge is 2.38. The van der Waals surface area contributed by atoms with Crippen molar-refractivity contribution in [1.82, 2.24) is 4.31 Å². The maximum atomic E-state index is 13.0. The molecule has 2 heterocycles. The summed E-state index contributed by atoms with van der Waals surface area (Å²) in [7, 11) is -2.30. The third kappa shape index (κ3) is 2.89. The van der Waals surface area contributed by atoms with Crippen molar-refractivity contribution >= 4 is 27.5 Å². The molecule has 8 heteroatoms. The van der Waals surface area contributed by atoms with E-state index in [1.807, 2.05) is 0 Å². The van der Waals surface area contributed by atoms with Gasteiger partial charge < -0.3 is 4.74 Å². The number of imide groups is 1. The lowest BCUT2D eigenvalue weighted by Crippen LogP contribution is -2.36. The number of benzene rings is 2. The molecule has 7 nitrogen and oxygen atoms in total. The second-order valence-electron chi connectivity index (χ2n) is 6.79. The molecule has 0 spiro atoms. The number of rotatable bonds is 4. The lowest BCUT2D eigenvalue weighted by molar-refractivity contribution is 0.0925. The molecule has 0 atom stereocenters. The zero-order valence-corrected chi connectivity index (χ0v) is 16.2. The van der Waals surface area contributed by atoms with E-state index < -0.39 is 21.8 Å². The van der Waals surface area contributed by atoms with Gasteiger partial charge in [0, 0.05) is 13.1 Å². The molecule has 0 aromatic heterocycles. The average Bonchev–Trinajstić information content (AvgIpc) is 2.98. The van der Waals surface area contributed by atoms with E-state index >= 15 is 0 Å². The number of hydrogen-bond acceptors (Lipinski definition) is 5. The van der Waals surface area contributed by atoms with Gasteiger partial charge in [-0.3, -0.25) is 9.59 Å². The van der Waals surface area contributed by atoms with Gasteiger partial charge in [0.05, 0.1) is 28.8 Å². The fourth-order valence-corrected chi connectivity index (χ4v) is 5.20. The molecule has 1 saturated heterocycles. The first-order chi connectivity index (χ1) is 13.4. The fourth-order valence-electron chi connectivity index (χ4n) is 3.67. The van der Waals surface area contributed by atoms with E-state index in [2.05, 4.69) is 0 Å². The second kappa shape index (κ2) is 7.03. The van der Waals surface area contributed by atoms with Crippen LogP contribution in [0.1, 0.15) is 40.0 Å². The molecule has 1 fully saturated rings. The molecule has 0 saturated carbocycles. The van der Waals surface area contributed by atoms with Crippen molar-refractivity contribution in [3.05, 3.63) is 53.6 Å². The molecule has 0 N–H and O–H groups in total. The molecule has 0 unspecified atom stereocenters. The molecule has 2 aromatic rings. The number of carbonyl (C=O) groups excluding carboxylic acids is 2. The minimum absolute atomic E-state index is 0.0433. The van der Waals surface area contributed by atoms with E-state index in [-0.39, 0.29) is 16.3 Å². The minimum atomic E-state index is -3.71. The predicted octanol–water partition coefficient (Wildman–Crippen LogP) is 2.67. The summed E-state index contributed by atoms with van der Waals surface area (Å²) in [5, 5.41) is 0. The molecular weight excluding hydrogens is 380 g/mol. The van der Waals surface area contributed by atoms with E-state index in [0.717, 1.165) is 24.2 Å². The molecular formula is C20H20N2O5S. The average molecular weight is 400 g/mol. The summed E-state index contributed by atoms with van der Waals surface area (Å²) < 4.78 is 32.8. The van der Waals surface area contributed by atoms with E-state index in [1.54, 1.807) is 24.3 Å². The highest BCUT2D eigenvalue weighted by Crippen LogP contribution is 2.37. The summed E-state index contributed by atoms with van der Waals surface area (Å²) in [5.41, 5.74) is 0.712. The summed E-state index contributed by atoms with van der Waals surface area (Å²) in [6.07, 6.45) is 2.65. The highest BCUT2D eigenvalue weighted by molar-refractivity contribution is 7.89. The van der Waals surface area contributed by atoms with Crippen LogP contribution < -0.4 is 9.64 Å². The molecule has 2 amide bonds. The highest BCUT2D eigenvalue weighted by atomic mass is 32.2. The van der Waals surface area contributed by atoms with Gasteiger partial charge in [0.15, 0.2) is 0 Å². The van der Waals surface area contributed by atoms with Crippen LogP contribution in [0, 0.1) is 0 Å². The van der Waals surface area contributed by atoms with Crippen molar-refractivity contribution in [2.45, 2.75) is 24.2 Å². The van der Waals surface area contributed by atoms with Gasteiger partial charge in [-0.15, -0.1) is 0 Å². The molecule has 4 rings (SSSR count). The zero-order valence-electron chi connectivity index (χ0n) is 15.4. The summed E-state index contributed by atoms with van der Waals surface area (Å²) in [6.45, 7) is 0.938. The lowest BCUT2D eigenvalue weighted by Gasteiger charge is -2.26. The topological polar surface area (TPSA) is 84.0 Å². The summed E-state index contributed by atoms with van der Waals surface area (Å²) in [4.78, 5) is 26.7. The quantitative estimate of drug-likeness (QED) is 0.737. The lowest BCUT2D eigenvalue weighted by atomic mass is 10.1. The number of hydrogen-bond donors (Lipinski definition) is 0. The van der Waals surface area contributed by atoms with E-state index in [0.29, 0.717) is 24.2 Å². The predicted molar refractivity (Wildman–Crippen MR) is 103 cm³/mol.